The summed E-state index contributed by atoms with van der Waals surface area (Å²) in [5, 5.41) is 10.0. The van der Waals surface area contributed by atoms with Crippen LogP contribution < -0.4 is 24.3 Å². The van der Waals surface area contributed by atoms with Crippen molar-refractivity contribution in [3.8, 4) is 51.2 Å². The van der Waals surface area contributed by atoms with Crippen molar-refractivity contribution in [2.24, 2.45) is 0 Å². The number of nitrogens with one attached hydrogen (secondary N) is 1. The maximum absolute atomic E-state index is 12.9. The first kappa shape index (κ1) is 26.1. The van der Waals surface area contributed by atoms with Gasteiger partial charge in [-0.15, -0.1) is 11.3 Å². The fourth-order valence-corrected chi connectivity index (χ4v) is 5.13. The van der Waals surface area contributed by atoms with Crippen LogP contribution in [0.1, 0.15) is 5.56 Å². The van der Waals surface area contributed by atoms with E-state index in [0.717, 1.165) is 22.4 Å². The van der Waals surface area contributed by atoms with Crippen LogP contribution in [0.25, 0.3) is 34.3 Å². The third kappa shape index (κ3) is 5.64. The topological polar surface area (TPSA) is 96.7 Å². The number of fused-ring (bicyclic) bond motifs is 1. The zero-order valence-corrected chi connectivity index (χ0v) is 23.2. The molecule has 41 heavy (non-hydrogen) atoms. The van der Waals surface area contributed by atoms with Crippen molar-refractivity contribution in [3.05, 3.63) is 89.9 Å². The van der Waals surface area contributed by atoms with Crippen LogP contribution in [0.15, 0.2) is 84.4 Å². The number of aromatic nitrogens is 3. The molecule has 0 fully saturated rings. The average Bonchev–Trinajstić information content (AvgIpc) is 3.67. The molecule has 1 aliphatic rings. The molecule has 6 rings (SSSR count). The predicted octanol–water partition coefficient (Wildman–Crippen LogP) is 6.10. The summed E-state index contributed by atoms with van der Waals surface area (Å²) < 4.78 is 24.0. The molecule has 1 aliphatic heterocycles. The predicted molar refractivity (Wildman–Crippen MR) is 158 cm³/mol. The van der Waals surface area contributed by atoms with Crippen molar-refractivity contribution in [2.45, 2.75) is 0 Å². The molecule has 0 spiro atoms. The Morgan fingerprint density at radius 2 is 1.83 bits per heavy atom. The Labute approximate surface area is 240 Å². The number of rotatable bonds is 8. The smallest absolute Gasteiger partial charge is 0.250 e. The maximum Gasteiger partial charge on any atom is 0.250 e. The Morgan fingerprint density at radius 3 is 2.63 bits per heavy atom. The van der Waals surface area contributed by atoms with Gasteiger partial charge in [0, 0.05) is 40.4 Å². The summed E-state index contributed by atoms with van der Waals surface area (Å²) in [6.45, 7) is 1.01. The molecule has 0 atom stereocenters. The van der Waals surface area contributed by atoms with Gasteiger partial charge in [0.25, 0.3) is 0 Å². The quantitative estimate of drug-likeness (QED) is 0.227. The second-order valence-electron chi connectivity index (χ2n) is 9.00. The number of amides is 1. The van der Waals surface area contributed by atoms with Crippen LogP contribution in [0.5, 0.6) is 23.0 Å². The van der Waals surface area contributed by atoms with Gasteiger partial charge in [-0.3, -0.25) is 10.1 Å². The highest BCUT2D eigenvalue weighted by molar-refractivity contribution is 7.14. The second kappa shape index (κ2) is 11.6. The summed E-state index contributed by atoms with van der Waals surface area (Å²) in [5.74, 6) is 2.38. The van der Waals surface area contributed by atoms with Gasteiger partial charge in [0.2, 0.25) is 5.91 Å². The molecule has 2 aromatic heterocycles. The number of hydrogen-bond donors (Lipinski definition) is 1. The first-order valence-electron chi connectivity index (χ1n) is 12.8. The lowest BCUT2D eigenvalue weighted by atomic mass is 10.1. The largest absolute Gasteiger partial charge is 0.497 e. The van der Waals surface area contributed by atoms with Crippen molar-refractivity contribution in [1.29, 1.82) is 0 Å². The van der Waals surface area contributed by atoms with Gasteiger partial charge in [-0.25, -0.2) is 9.67 Å². The molecular weight excluding hydrogens is 540 g/mol. The lowest BCUT2D eigenvalue weighted by Gasteiger charge is -2.18. The summed E-state index contributed by atoms with van der Waals surface area (Å²) in [5.41, 5.74) is 4.72. The van der Waals surface area contributed by atoms with Crippen molar-refractivity contribution in [1.82, 2.24) is 14.8 Å². The zero-order chi connectivity index (χ0) is 28.2. The van der Waals surface area contributed by atoms with Crippen LogP contribution in [-0.2, 0) is 4.79 Å². The molecule has 0 aliphatic carbocycles. The van der Waals surface area contributed by atoms with Crippen LogP contribution in [0.2, 0.25) is 0 Å². The van der Waals surface area contributed by atoms with Gasteiger partial charge in [-0.1, -0.05) is 18.2 Å². The Bertz CT molecular complexity index is 1730. The minimum Gasteiger partial charge on any atom is -0.497 e. The van der Waals surface area contributed by atoms with Gasteiger partial charge in [0.15, 0.2) is 16.6 Å². The second-order valence-corrected chi connectivity index (χ2v) is 9.86. The van der Waals surface area contributed by atoms with Crippen LogP contribution in [0.4, 0.5) is 5.13 Å². The highest BCUT2D eigenvalue weighted by atomic mass is 32.1. The average molecular weight is 567 g/mol. The van der Waals surface area contributed by atoms with E-state index in [2.05, 4.69) is 10.3 Å². The van der Waals surface area contributed by atoms with Crippen LogP contribution >= 0.6 is 11.3 Å². The van der Waals surface area contributed by atoms with Crippen molar-refractivity contribution >= 4 is 28.5 Å². The van der Waals surface area contributed by atoms with Gasteiger partial charge in [-0.05, 0) is 48.5 Å². The number of thiazole rings is 1. The summed E-state index contributed by atoms with van der Waals surface area (Å²) >= 11 is 1.33. The minimum absolute atomic E-state index is 0.312. The van der Waals surface area contributed by atoms with E-state index in [1.54, 1.807) is 31.0 Å². The lowest BCUT2D eigenvalue weighted by Crippen LogP contribution is -2.15. The van der Waals surface area contributed by atoms with Crippen LogP contribution in [0, 0.1) is 0 Å². The third-order valence-corrected chi connectivity index (χ3v) is 7.17. The van der Waals surface area contributed by atoms with Gasteiger partial charge in [0.05, 0.1) is 25.6 Å². The summed E-state index contributed by atoms with van der Waals surface area (Å²) in [4.78, 5) is 17.5. The monoisotopic (exact) mass is 566 g/mol. The number of benzene rings is 3. The van der Waals surface area contributed by atoms with Crippen molar-refractivity contribution in [3.63, 3.8) is 0 Å². The Morgan fingerprint density at radius 1 is 1.00 bits per heavy atom. The molecule has 0 unspecified atom stereocenters. The number of anilines is 1. The fraction of sp³-hybridized carbons (Fsp3) is 0.129. The van der Waals surface area contributed by atoms with Gasteiger partial charge < -0.3 is 18.9 Å². The summed E-state index contributed by atoms with van der Waals surface area (Å²) in [7, 11) is 3.20. The normalized spacial score (nSPS) is 12.3. The molecule has 9 nitrogen and oxygen atoms in total. The number of methoxy groups -OCH3 is 2. The van der Waals surface area contributed by atoms with Gasteiger partial charge in [-0.2, -0.15) is 5.10 Å². The van der Waals surface area contributed by atoms with E-state index < -0.39 is 0 Å². The molecule has 0 radical (unpaired) electrons. The third-order valence-electron chi connectivity index (χ3n) is 6.41. The van der Waals surface area contributed by atoms with Gasteiger partial charge >= 0.3 is 0 Å². The molecule has 3 heterocycles. The van der Waals surface area contributed by atoms with E-state index in [1.165, 1.54) is 17.4 Å². The highest BCUT2D eigenvalue weighted by Gasteiger charge is 2.17. The minimum atomic E-state index is -0.312. The van der Waals surface area contributed by atoms with E-state index in [4.69, 9.17) is 24.0 Å². The number of ether oxygens (including phenoxy) is 4. The molecule has 5 aromatic rings. The Balaban J connectivity index is 1.25. The molecule has 0 bridgehead atoms. The zero-order valence-electron chi connectivity index (χ0n) is 22.4. The first-order chi connectivity index (χ1) is 20.1. The molecule has 1 amide bonds. The van der Waals surface area contributed by atoms with E-state index in [9.17, 15) is 4.79 Å². The fourth-order valence-electron chi connectivity index (χ4n) is 4.41. The van der Waals surface area contributed by atoms with Crippen LogP contribution in [0.3, 0.4) is 0 Å². The van der Waals surface area contributed by atoms with Crippen molar-refractivity contribution < 1.29 is 23.7 Å². The number of carbonyl (C=O) groups excluding carboxylic acids is 1. The standard InChI is InChI=1S/C31H26N4O5S/c1-37-23-10-11-24(27(17-23)38-2)25-19-41-31(32-25)33-29(36)13-9-21-18-35(22-6-4-3-5-7-22)34-30(21)20-8-12-26-28(16-20)40-15-14-39-26/h3-13,16-19H,14-15H2,1-2H3,(H,32,33,36). The first-order valence-corrected chi connectivity index (χ1v) is 13.7. The molecule has 3 aromatic carbocycles. The molecular formula is C31H26N4O5S. The number of hydrogen-bond acceptors (Lipinski definition) is 8. The maximum atomic E-state index is 12.9. The van der Waals surface area contributed by atoms with E-state index in [1.807, 2.05) is 72.2 Å². The number of para-hydroxylation sites is 1. The van der Waals surface area contributed by atoms with E-state index >= 15 is 0 Å². The number of nitrogens with zero attached hydrogens (tertiary/aromatic N) is 3. The van der Waals surface area contributed by atoms with E-state index in [-0.39, 0.29) is 5.91 Å². The molecule has 0 saturated heterocycles. The Hall–Kier alpha value is -5.09. The van der Waals surface area contributed by atoms with Crippen LogP contribution in [-0.4, -0.2) is 48.1 Å². The van der Waals surface area contributed by atoms with E-state index in [0.29, 0.717) is 52.7 Å². The summed E-state index contributed by atoms with van der Waals surface area (Å²) in [6, 6.07) is 21.0. The van der Waals surface area contributed by atoms with Crippen molar-refractivity contribution in [2.75, 3.05) is 32.8 Å². The highest BCUT2D eigenvalue weighted by Crippen LogP contribution is 2.36. The molecule has 1 N–H and O–H groups in total. The SMILES string of the molecule is COc1ccc(-c2csc(NC(=O)C=Cc3cn(-c4ccccc4)nc3-c3ccc4c(c3)OCCO4)n2)c(OC)c1. The van der Waals surface area contributed by atoms with Gasteiger partial charge in [0.1, 0.15) is 30.4 Å². The molecule has 10 heteroatoms. The summed E-state index contributed by atoms with van der Waals surface area (Å²) in [6.07, 6.45) is 5.11. The molecule has 206 valence electrons. The number of carbonyl (C=O) groups is 1. The molecule has 0 saturated carbocycles. The lowest BCUT2D eigenvalue weighted by molar-refractivity contribution is -0.111. The Kier molecular flexibility index (Phi) is 7.38.